The molecule has 52 heavy (non-hydrogen) atoms. The van der Waals surface area contributed by atoms with E-state index in [1.807, 2.05) is 0 Å². The molecule has 5 nitrogen and oxygen atoms in total. The Balaban J connectivity index is 0.000000277. The number of rotatable bonds is 4. The Labute approximate surface area is 347 Å². The zero-order valence-corrected chi connectivity index (χ0v) is 33.2. The van der Waals surface area contributed by atoms with Gasteiger partial charge in [-0.05, 0) is 64.2 Å². The van der Waals surface area contributed by atoms with Crippen LogP contribution in [0.5, 0.6) is 0 Å². The molecule has 4 aromatic rings. The van der Waals surface area contributed by atoms with Crippen molar-refractivity contribution < 1.29 is 23.7 Å². The fraction of sp³-hybridized carbons (Fsp3) is 0.455. The fourth-order valence-electron chi connectivity index (χ4n) is 6.67. The van der Waals surface area contributed by atoms with Crippen LogP contribution in [0.2, 0.25) is 0 Å². The maximum atomic E-state index is 4.94. The Morgan fingerprint density at radius 1 is 0.269 bits per heavy atom. The minimum absolute atomic E-state index is 0. The van der Waals surface area contributed by atoms with E-state index in [1.54, 1.807) is 0 Å². The van der Waals surface area contributed by atoms with Crippen LogP contribution in [0.4, 0.5) is 0 Å². The van der Waals surface area contributed by atoms with Crippen LogP contribution in [0.15, 0.2) is 121 Å². The predicted octanol–water partition coefficient (Wildman–Crippen LogP) is 5.22. The average molecular weight is 735 g/mol. The summed E-state index contributed by atoms with van der Waals surface area (Å²) in [4.78, 5) is 0. The molecule has 0 N–H and O–H groups in total. The minimum atomic E-state index is -1.22. The van der Waals surface area contributed by atoms with E-state index in [9.17, 15) is 0 Å². The summed E-state index contributed by atoms with van der Waals surface area (Å²) in [6.45, 7) is 10.0. The van der Waals surface area contributed by atoms with Gasteiger partial charge in [0, 0.05) is 66.1 Å². The molecule has 5 aliphatic rings. The summed E-state index contributed by atoms with van der Waals surface area (Å²) in [5.41, 5.74) is 5.36. The molecule has 0 unspecified atom stereocenters. The molecule has 0 aliphatic carbocycles. The van der Waals surface area contributed by atoms with Gasteiger partial charge in [-0.2, -0.15) is 21.9 Å². The van der Waals surface area contributed by atoms with E-state index in [0.717, 1.165) is 66.1 Å². The molecule has 5 heterocycles. The first-order valence-corrected chi connectivity index (χ1v) is 19.2. The third kappa shape index (κ3) is 17.0. The summed E-state index contributed by atoms with van der Waals surface area (Å²) < 4.78 is 24.7. The SMILES string of the molecule is C1CCOC1.C1CCOC1.C1CCOC1.C1CCOC1.C1CCOC1.[BH4-].[Ca+2].c1ccc([B-](c2ccccc2)(c2ccccc2)c2ccccc2)cc1. The van der Waals surface area contributed by atoms with Crippen molar-refractivity contribution in [1.29, 1.82) is 0 Å². The van der Waals surface area contributed by atoms with Gasteiger partial charge >= 0.3 is 37.7 Å². The quantitative estimate of drug-likeness (QED) is 0.270. The van der Waals surface area contributed by atoms with E-state index in [2.05, 4.69) is 121 Å². The van der Waals surface area contributed by atoms with E-state index in [0.29, 0.717) is 0 Å². The molecule has 0 amide bonds. The molecule has 5 fully saturated rings. The standard InChI is InChI=1S/C24H20B.5C4H8O.BH4.Ca/c1-5-13-21(14-6-1)25(22-15-7-2-8-16-22,23-17-9-3-10-18-23)24-19-11-4-12-20-24;5*1-2-4-5-3-1;;/h1-20H;5*1-4H2;1H4;/q-1;;;;;;-1;+2. The molecule has 0 aromatic heterocycles. The second kappa shape index (κ2) is 30.4. The molecule has 0 bridgehead atoms. The van der Waals surface area contributed by atoms with Crippen molar-refractivity contribution in [2.45, 2.75) is 64.2 Å². The van der Waals surface area contributed by atoms with Crippen molar-refractivity contribution in [3.8, 4) is 0 Å². The van der Waals surface area contributed by atoms with Gasteiger partial charge in [0.05, 0.1) is 0 Å². The molecule has 5 saturated heterocycles. The molecule has 0 atom stereocenters. The van der Waals surface area contributed by atoms with Gasteiger partial charge in [-0.3, -0.25) is 0 Å². The van der Waals surface area contributed by atoms with Crippen molar-refractivity contribution in [2.75, 3.05) is 66.1 Å². The zero-order valence-electron chi connectivity index (χ0n) is 31.0. The van der Waals surface area contributed by atoms with Crippen LogP contribution in [0.3, 0.4) is 0 Å². The summed E-state index contributed by atoms with van der Waals surface area (Å²) >= 11 is 0. The van der Waals surface area contributed by atoms with Crippen molar-refractivity contribution in [2.24, 2.45) is 0 Å². The largest absolute Gasteiger partial charge is 2.00 e. The second-order valence-electron chi connectivity index (χ2n) is 13.1. The van der Waals surface area contributed by atoms with Crippen molar-refractivity contribution >= 4 is 74.1 Å². The van der Waals surface area contributed by atoms with Crippen LogP contribution in [-0.2, 0) is 23.7 Å². The normalized spacial score (nSPS) is 16.9. The topological polar surface area (TPSA) is 46.2 Å². The summed E-state index contributed by atoms with van der Waals surface area (Å²) in [6, 6.07) is 43.5. The Morgan fingerprint density at radius 3 is 0.538 bits per heavy atom. The molecule has 0 spiro atoms. The monoisotopic (exact) mass is 734 g/mol. The van der Waals surface area contributed by atoms with Crippen molar-refractivity contribution in [1.82, 2.24) is 0 Å². The van der Waals surface area contributed by atoms with Crippen LogP contribution in [0, 0.1) is 0 Å². The summed E-state index contributed by atoms with van der Waals surface area (Å²) in [6.07, 6.45) is 11.6. The Hall–Kier alpha value is -1.93. The smallest absolute Gasteiger partial charge is 0.381 e. The Morgan fingerprint density at radius 2 is 0.423 bits per heavy atom. The predicted molar refractivity (Wildman–Crippen MR) is 227 cm³/mol. The molecular formula is C44H64B2CaO5. The van der Waals surface area contributed by atoms with Gasteiger partial charge in [0.1, 0.15) is 6.15 Å². The van der Waals surface area contributed by atoms with Crippen LogP contribution >= 0.6 is 0 Å². The van der Waals surface area contributed by atoms with Gasteiger partial charge in [0.2, 0.25) is 0 Å². The average Bonchev–Trinajstić information content (AvgIpc) is 4.07. The van der Waals surface area contributed by atoms with E-state index in [-0.39, 0.29) is 46.2 Å². The first kappa shape index (κ1) is 46.2. The number of hydrogen-bond donors (Lipinski definition) is 0. The maximum absolute atomic E-state index is 4.94. The molecule has 0 radical (unpaired) electrons. The number of ether oxygens (including phenoxy) is 5. The van der Waals surface area contributed by atoms with E-state index < -0.39 is 6.15 Å². The molecule has 0 saturated carbocycles. The molecule has 9 rings (SSSR count). The van der Waals surface area contributed by atoms with Crippen molar-refractivity contribution in [3.63, 3.8) is 0 Å². The summed E-state index contributed by atoms with van der Waals surface area (Å²) in [5, 5.41) is 0. The third-order valence-electron chi connectivity index (χ3n) is 9.34. The molecule has 278 valence electrons. The molecular weight excluding hydrogens is 670 g/mol. The van der Waals surface area contributed by atoms with Crippen LogP contribution in [0.25, 0.3) is 0 Å². The Kier molecular flexibility index (Phi) is 27.0. The second-order valence-corrected chi connectivity index (χ2v) is 13.1. The van der Waals surface area contributed by atoms with Gasteiger partial charge in [0.25, 0.3) is 0 Å². The summed E-state index contributed by atoms with van der Waals surface area (Å²) in [7, 11) is 0. The van der Waals surface area contributed by atoms with E-state index >= 15 is 0 Å². The maximum Gasteiger partial charge on any atom is 2.00 e. The molecule has 8 heteroatoms. The van der Waals surface area contributed by atoms with Crippen LogP contribution in [-0.4, -0.2) is 118 Å². The van der Waals surface area contributed by atoms with Crippen LogP contribution < -0.4 is 21.9 Å². The first-order chi connectivity index (χ1) is 24.9. The van der Waals surface area contributed by atoms with E-state index in [1.165, 1.54) is 86.1 Å². The third-order valence-corrected chi connectivity index (χ3v) is 9.34. The minimum Gasteiger partial charge on any atom is -0.381 e. The van der Waals surface area contributed by atoms with Gasteiger partial charge in [-0.1, -0.05) is 130 Å². The van der Waals surface area contributed by atoms with Crippen LogP contribution in [0.1, 0.15) is 64.2 Å². The van der Waals surface area contributed by atoms with Gasteiger partial charge in [-0.25, -0.2) is 0 Å². The van der Waals surface area contributed by atoms with E-state index in [4.69, 9.17) is 23.7 Å². The van der Waals surface area contributed by atoms with Gasteiger partial charge in [0.15, 0.2) is 0 Å². The Bertz CT molecular complexity index is 1070. The zero-order chi connectivity index (χ0) is 34.6. The summed E-state index contributed by atoms with van der Waals surface area (Å²) in [5.74, 6) is 0. The molecule has 5 aliphatic heterocycles. The van der Waals surface area contributed by atoms with Crippen molar-refractivity contribution in [3.05, 3.63) is 121 Å². The first-order valence-electron chi connectivity index (χ1n) is 19.2. The van der Waals surface area contributed by atoms with Gasteiger partial charge in [-0.15, -0.1) is 0 Å². The van der Waals surface area contributed by atoms with Gasteiger partial charge < -0.3 is 23.7 Å². The fourth-order valence-corrected chi connectivity index (χ4v) is 6.67. The number of hydrogen-bond acceptors (Lipinski definition) is 5. The number of benzene rings is 4. The molecule has 4 aromatic carbocycles.